The minimum atomic E-state index is -0.522. The Labute approximate surface area is 126 Å². The van der Waals surface area contributed by atoms with Gasteiger partial charge in [0.2, 0.25) is 0 Å². The molecule has 1 aliphatic rings. The molecule has 0 saturated carbocycles. The molecule has 0 aliphatic carbocycles. The third-order valence-electron chi connectivity index (χ3n) is 3.96. The highest BCUT2D eigenvalue weighted by molar-refractivity contribution is 5.35. The molecule has 1 aliphatic heterocycles. The molecule has 0 saturated heterocycles. The van der Waals surface area contributed by atoms with Crippen molar-refractivity contribution >= 4 is 0 Å². The molecule has 0 fully saturated rings. The largest absolute Gasteiger partial charge is 0.496 e. The average molecular weight is 297 g/mol. The molecule has 2 heterocycles. The van der Waals surface area contributed by atoms with Gasteiger partial charge in [0.25, 0.3) is 5.56 Å². The first kappa shape index (κ1) is 14.1. The lowest BCUT2D eigenvalue weighted by Crippen LogP contribution is -2.42. The van der Waals surface area contributed by atoms with Crippen LogP contribution in [0.2, 0.25) is 0 Å². The Morgan fingerprint density at radius 1 is 1.32 bits per heavy atom. The van der Waals surface area contributed by atoms with Crippen LogP contribution in [0, 0.1) is 11.3 Å². The standard InChI is InChI=1S/C16H15N3O3/c1-22-14-7-3-2-5-11(14)10-19-15(20)12(9-17)13-6-4-8-18(13)16(19)21/h2-3,5,7H,4,6,8,10H2,1H3. The van der Waals surface area contributed by atoms with E-state index < -0.39 is 5.56 Å². The maximum Gasteiger partial charge on any atom is 0.331 e. The summed E-state index contributed by atoms with van der Waals surface area (Å²) in [4.78, 5) is 25.0. The second-order valence-corrected chi connectivity index (χ2v) is 5.17. The first-order chi connectivity index (χ1) is 10.7. The zero-order valence-electron chi connectivity index (χ0n) is 12.2. The van der Waals surface area contributed by atoms with Gasteiger partial charge in [-0.15, -0.1) is 0 Å². The number of para-hydroxylation sites is 1. The number of hydrogen-bond donors (Lipinski definition) is 0. The lowest BCUT2D eigenvalue weighted by Gasteiger charge is -2.12. The Bertz CT molecular complexity index is 887. The van der Waals surface area contributed by atoms with Crippen molar-refractivity contribution in [1.29, 1.82) is 5.26 Å². The highest BCUT2D eigenvalue weighted by atomic mass is 16.5. The summed E-state index contributed by atoms with van der Waals surface area (Å²) in [6.07, 6.45) is 1.38. The van der Waals surface area contributed by atoms with E-state index in [1.165, 1.54) is 11.7 Å². The number of benzene rings is 1. The SMILES string of the molecule is COc1ccccc1Cn1c(=O)c(C#N)c2n(c1=O)CCC2. The summed E-state index contributed by atoms with van der Waals surface area (Å²) in [6, 6.07) is 9.17. The lowest BCUT2D eigenvalue weighted by molar-refractivity contribution is 0.407. The normalized spacial score (nSPS) is 12.7. The number of nitriles is 1. The van der Waals surface area contributed by atoms with Gasteiger partial charge >= 0.3 is 5.69 Å². The van der Waals surface area contributed by atoms with Gasteiger partial charge in [-0.05, 0) is 18.9 Å². The van der Waals surface area contributed by atoms with Gasteiger partial charge in [0.05, 0.1) is 13.7 Å². The van der Waals surface area contributed by atoms with Crippen molar-refractivity contribution in [2.75, 3.05) is 7.11 Å². The van der Waals surface area contributed by atoms with Crippen LogP contribution < -0.4 is 16.0 Å². The Morgan fingerprint density at radius 3 is 2.82 bits per heavy atom. The van der Waals surface area contributed by atoms with E-state index in [2.05, 4.69) is 0 Å². The first-order valence-electron chi connectivity index (χ1n) is 7.06. The molecule has 0 spiro atoms. The van der Waals surface area contributed by atoms with Crippen LogP contribution in [0.3, 0.4) is 0 Å². The summed E-state index contributed by atoms with van der Waals surface area (Å²) < 4.78 is 7.91. The monoisotopic (exact) mass is 297 g/mol. The molecule has 3 rings (SSSR count). The predicted molar refractivity (Wildman–Crippen MR) is 80.1 cm³/mol. The molecule has 1 aromatic carbocycles. The van der Waals surface area contributed by atoms with Crippen LogP contribution >= 0.6 is 0 Å². The lowest BCUT2D eigenvalue weighted by atomic mass is 10.1. The fourth-order valence-corrected chi connectivity index (χ4v) is 2.89. The van der Waals surface area contributed by atoms with E-state index in [0.717, 1.165) is 16.6 Å². The van der Waals surface area contributed by atoms with Crippen molar-refractivity contribution in [3.8, 4) is 11.8 Å². The molecule has 0 amide bonds. The van der Waals surface area contributed by atoms with Crippen LogP contribution in [0.1, 0.15) is 23.2 Å². The fourth-order valence-electron chi connectivity index (χ4n) is 2.89. The molecule has 2 aromatic rings. The summed E-state index contributed by atoms with van der Waals surface area (Å²) in [5.74, 6) is 0.609. The highest BCUT2D eigenvalue weighted by Crippen LogP contribution is 2.18. The van der Waals surface area contributed by atoms with E-state index in [1.54, 1.807) is 12.1 Å². The Kier molecular flexibility index (Phi) is 3.55. The quantitative estimate of drug-likeness (QED) is 0.843. The van der Waals surface area contributed by atoms with Crippen molar-refractivity contribution in [3.05, 3.63) is 61.9 Å². The van der Waals surface area contributed by atoms with Crippen LogP contribution in [0.4, 0.5) is 0 Å². The Balaban J connectivity index is 2.19. The minimum absolute atomic E-state index is 0.0759. The van der Waals surface area contributed by atoms with Crippen molar-refractivity contribution in [3.63, 3.8) is 0 Å². The maximum atomic E-state index is 12.5. The summed E-state index contributed by atoms with van der Waals surface area (Å²) in [7, 11) is 1.54. The first-order valence-corrected chi connectivity index (χ1v) is 7.06. The van der Waals surface area contributed by atoms with Gasteiger partial charge in [-0.25, -0.2) is 4.79 Å². The summed E-state index contributed by atoms with van der Waals surface area (Å²) in [5, 5.41) is 9.26. The highest BCUT2D eigenvalue weighted by Gasteiger charge is 2.22. The molecular formula is C16H15N3O3. The van der Waals surface area contributed by atoms with Gasteiger partial charge in [0.1, 0.15) is 17.4 Å². The van der Waals surface area contributed by atoms with E-state index in [4.69, 9.17) is 4.74 Å². The Morgan fingerprint density at radius 2 is 2.09 bits per heavy atom. The maximum absolute atomic E-state index is 12.5. The average Bonchev–Trinajstić information content (AvgIpc) is 3.02. The van der Waals surface area contributed by atoms with Crippen LogP contribution in [-0.4, -0.2) is 16.2 Å². The topological polar surface area (TPSA) is 77.0 Å². The van der Waals surface area contributed by atoms with Gasteiger partial charge < -0.3 is 4.74 Å². The van der Waals surface area contributed by atoms with Crippen LogP contribution in [0.5, 0.6) is 5.75 Å². The number of fused-ring (bicyclic) bond motifs is 1. The summed E-state index contributed by atoms with van der Waals surface area (Å²) in [6.45, 7) is 0.645. The van der Waals surface area contributed by atoms with E-state index in [-0.39, 0.29) is 17.8 Å². The molecule has 1 aromatic heterocycles. The smallest absolute Gasteiger partial charge is 0.331 e. The molecule has 0 bridgehead atoms. The molecule has 112 valence electrons. The second-order valence-electron chi connectivity index (χ2n) is 5.17. The molecule has 0 atom stereocenters. The number of nitrogens with zero attached hydrogens (tertiary/aromatic N) is 3. The number of methoxy groups -OCH3 is 1. The summed E-state index contributed by atoms with van der Waals surface area (Å²) in [5.41, 5.74) is 0.487. The van der Waals surface area contributed by atoms with Gasteiger partial charge in [-0.3, -0.25) is 13.9 Å². The van der Waals surface area contributed by atoms with Gasteiger partial charge in [-0.1, -0.05) is 18.2 Å². The molecular weight excluding hydrogens is 282 g/mol. The van der Waals surface area contributed by atoms with Gasteiger partial charge in [-0.2, -0.15) is 5.26 Å². The molecule has 0 N–H and O–H groups in total. The molecule has 6 nitrogen and oxygen atoms in total. The van der Waals surface area contributed by atoms with Crippen molar-refractivity contribution in [2.45, 2.75) is 25.9 Å². The van der Waals surface area contributed by atoms with Crippen molar-refractivity contribution in [1.82, 2.24) is 9.13 Å². The third-order valence-corrected chi connectivity index (χ3v) is 3.96. The molecule has 6 heteroatoms. The van der Waals surface area contributed by atoms with Crippen LogP contribution in [0.25, 0.3) is 0 Å². The van der Waals surface area contributed by atoms with E-state index in [0.29, 0.717) is 24.4 Å². The van der Waals surface area contributed by atoms with Crippen LogP contribution in [-0.2, 0) is 19.5 Å². The van der Waals surface area contributed by atoms with Crippen LogP contribution in [0.15, 0.2) is 33.9 Å². The second kappa shape index (κ2) is 5.53. The van der Waals surface area contributed by atoms with Gasteiger partial charge in [0, 0.05) is 17.8 Å². The summed E-state index contributed by atoms with van der Waals surface area (Å²) >= 11 is 0. The number of aromatic nitrogens is 2. The minimum Gasteiger partial charge on any atom is -0.496 e. The van der Waals surface area contributed by atoms with Crippen molar-refractivity contribution < 1.29 is 4.74 Å². The Hall–Kier alpha value is -2.81. The zero-order valence-corrected chi connectivity index (χ0v) is 12.2. The molecule has 0 unspecified atom stereocenters. The van der Waals surface area contributed by atoms with Crippen molar-refractivity contribution in [2.24, 2.45) is 0 Å². The van der Waals surface area contributed by atoms with E-state index >= 15 is 0 Å². The fraction of sp³-hybridized carbons (Fsp3) is 0.312. The van der Waals surface area contributed by atoms with Gasteiger partial charge in [0.15, 0.2) is 0 Å². The number of rotatable bonds is 3. The zero-order chi connectivity index (χ0) is 15.7. The predicted octanol–water partition coefficient (Wildman–Crippen LogP) is 0.885. The van der Waals surface area contributed by atoms with E-state index in [1.807, 2.05) is 18.2 Å². The number of ether oxygens (including phenoxy) is 1. The number of hydrogen-bond acceptors (Lipinski definition) is 4. The molecule has 0 radical (unpaired) electrons. The third kappa shape index (κ3) is 2.11. The van der Waals surface area contributed by atoms with E-state index in [9.17, 15) is 14.9 Å². The molecule has 22 heavy (non-hydrogen) atoms.